The van der Waals surface area contributed by atoms with Crippen LogP contribution in [0.1, 0.15) is 17.9 Å². The zero-order valence-corrected chi connectivity index (χ0v) is 18.9. The molecule has 3 rings (SSSR count). The average molecular weight is 471 g/mol. The summed E-state index contributed by atoms with van der Waals surface area (Å²) < 4.78 is 5.78. The summed E-state index contributed by atoms with van der Waals surface area (Å²) in [5.41, 5.74) is 7.68. The number of halogens is 3. The van der Waals surface area contributed by atoms with Gasteiger partial charge in [-0.2, -0.15) is 0 Å². The zero-order valence-electron chi connectivity index (χ0n) is 16.5. The van der Waals surface area contributed by atoms with E-state index in [1.807, 2.05) is 41.3 Å². The molecule has 1 heterocycles. The highest BCUT2D eigenvalue weighted by molar-refractivity contribution is 6.33. The van der Waals surface area contributed by atoms with Crippen molar-refractivity contribution < 1.29 is 9.21 Å². The maximum Gasteiger partial charge on any atom is 0.223 e. The van der Waals surface area contributed by atoms with Crippen LogP contribution in [0.5, 0.6) is 0 Å². The number of oxazole rings is 1. The number of rotatable bonds is 9. The topological polar surface area (TPSA) is 72.4 Å². The van der Waals surface area contributed by atoms with Gasteiger partial charge in [0.15, 0.2) is 11.7 Å². The molecule has 0 aliphatic carbocycles. The second-order valence-electron chi connectivity index (χ2n) is 6.50. The first-order chi connectivity index (χ1) is 13.7. The molecule has 1 aromatic heterocycles. The van der Waals surface area contributed by atoms with E-state index in [-0.39, 0.29) is 30.7 Å². The summed E-state index contributed by atoms with van der Waals surface area (Å²) in [5.74, 6) is 1.19. The fourth-order valence-electron chi connectivity index (χ4n) is 3.01. The molecule has 8 heteroatoms. The highest BCUT2D eigenvalue weighted by Gasteiger charge is 2.15. The number of nitrogens with zero attached hydrogens (tertiary/aromatic N) is 2. The van der Waals surface area contributed by atoms with Gasteiger partial charge in [0.2, 0.25) is 5.91 Å². The fourth-order valence-corrected chi connectivity index (χ4v) is 3.24. The first-order valence-corrected chi connectivity index (χ1v) is 9.76. The highest BCUT2D eigenvalue weighted by atomic mass is 35.5. The Balaban J connectivity index is 0.00000225. The van der Waals surface area contributed by atoms with Gasteiger partial charge in [-0.1, -0.05) is 54.1 Å². The van der Waals surface area contributed by atoms with Gasteiger partial charge in [-0.15, -0.1) is 24.8 Å². The van der Waals surface area contributed by atoms with Crippen LogP contribution in [0.15, 0.2) is 65.2 Å². The van der Waals surface area contributed by atoms with Gasteiger partial charge in [-0.3, -0.25) is 4.79 Å². The van der Waals surface area contributed by atoms with Gasteiger partial charge in [0.1, 0.15) is 0 Å². The van der Waals surface area contributed by atoms with Crippen molar-refractivity contribution >= 4 is 42.3 Å². The van der Waals surface area contributed by atoms with Gasteiger partial charge in [-0.05, 0) is 24.1 Å². The first kappa shape index (κ1) is 26.0. The van der Waals surface area contributed by atoms with Crippen molar-refractivity contribution in [2.24, 2.45) is 5.73 Å². The summed E-state index contributed by atoms with van der Waals surface area (Å²) in [6.07, 6.45) is 3.23. The van der Waals surface area contributed by atoms with E-state index in [1.165, 1.54) is 5.56 Å². The third-order valence-electron chi connectivity index (χ3n) is 4.51. The van der Waals surface area contributed by atoms with E-state index in [1.54, 1.807) is 12.3 Å². The van der Waals surface area contributed by atoms with E-state index in [0.29, 0.717) is 49.1 Å². The van der Waals surface area contributed by atoms with Crippen molar-refractivity contribution in [3.05, 3.63) is 77.3 Å². The lowest BCUT2D eigenvalue weighted by atomic mass is 10.1. The molecular formula is C22H26Cl3N3O2. The molecule has 162 valence electrons. The molecule has 0 fully saturated rings. The molecule has 0 saturated carbocycles. The third-order valence-corrected chi connectivity index (χ3v) is 4.84. The Labute approximate surface area is 194 Å². The van der Waals surface area contributed by atoms with Crippen LogP contribution in [0.4, 0.5) is 0 Å². The predicted molar refractivity (Wildman–Crippen MR) is 126 cm³/mol. The number of nitrogens with two attached hydrogens (primary N) is 1. The van der Waals surface area contributed by atoms with E-state index in [9.17, 15) is 4.79 Å². The molecule has 2 aromatic carbocycles. The van der Waals surface area contributed by atoms with E-state index in [4.69, 9.17) is 21.8 Å². The number of aryl methyl sites for hydroxylation is 1. The molecule has 0 saturated heterocycles. The minimum absolute atomic E-state index is 0. The summed E-state index contributed by atoms with van der Waals surface area (Å²) in [7, 11) is 0. The van der Waals surface area contributed by atoms with Gasteiger partial charge >= 0.3 is 0 Å². The van der Waals surface area contributed by atoms with E-state index >= 15 is 0 Å². The number of carbonyl (C=O) groups excluding carboxylic acids is 1. The maximum atomic E-state index is 12.6. The third kappa shape index (κ3) is 7.33. The molecule has 2 N–H and O–H groups in total. The van der Waals surface area contributed by atoms with E-state index < -0.39 is 0 Å². The Kier molecular flexibility index (Phi) is 11.5. The van der Waals surface area contributed by atoms with Crippen LogP contribution in [0.3, 0.4) is 0 Å². The lowest BCUT2D eigenvalue weighted by molar-refractivity contribution is -0.131. The lowest BCUT2D eigenvalue weighted by Crippen LogP contribution is -2.37. The predicted octanol–water partition coefficient (Wildman–Crippen LogP) is 4.80. The summed E-state index contributed by atoms with van der Waals surface area (Å²) in [4.78, 5) is 18.7. The highest BCUT2D eigenvalue weighted by Crippen LogP contribution is 2.28. The molecule has 0 bridgehead atoms. The molecule has 0 aliphatic heterocycles. The molecule has 1 amide bonds. The quantitative estimate of drug-likeness (QED) is 0.487. The molecular weight excluding hydrogens is 445 g/mol. The summed E-state index contributed by atoms with van der Waals surface area (Å²) in [6, 6.07) is 17.6. The SMILES string of the molecule is Cl.Cl.NCCN(CCc1ccccc1)C(=O)CCc1ncc(-c2ccccc2Cl)o1. The van der Waals surface area contributed by atoms with E-state index in [0.717, 1.165) is 12.0 Å². The van der Waals surface area contributed by atoms with Crippen molar-refractivity contribution in [2.75, 3.05) is 19.6 Å². The van der Waals surface area contributed by atoms with Gasteiger partial charge < -0.3 is 15.1 Å². The Morgan fingerprint density at radius 3 is 2.40 bits per heavy atom. The Morgan fingerprint density at radius 1 is 1.00 bits per heavy atom. The van der Waals surface area contributed by atoms with Crippen LogP contribution in [-0.4, -0.2) is 35.4 Å². The summed E-state index contributed by atoms with van der Waals surface area (Å²) >= 11 is 6.20. The molecule has 0 spiro atoms. The van der Waals surface area contributed by atoms with Crippen LogP contribution in [-0.2, 0) is 17.6 Å². The monoisotopic (exact) mass is 469 g/mol. The molecule has 3 aromatic rings. The smallest absolute Gasteiger partial charge is 0.223 e. The van der Waals surface area contributed by atoms with Gasteiger partial charge in [0, 0.05) is 38.0 Å². The van der Waals surface area contributed by atoms with Gasteiger partial charge in [-0.25, -0.2) is 4.98 Å². The summed E-state index contributed by atoms with van der Waals surface area (Å²) in [5, 5.41) is 0.608. The Hall–Kier alpha value is -2.05. The number of hydrogen-bond acceptors (Lipinski definition) is 4. The standard InChI is InChI=1S/C22H24ClN3O2.2ClH/c23-19-9-5-4-8-18(19)20-16-25-21(28-20)10-11-22(27)26(15-13-24)14-12-17-6-2-1-3-7-17;;/h1-9,16H,10-15,24H2;2*1H. The van der Waals surface area contributed by atoms with Crippen LogP contribution in [0, 0.1) is 0 Å². The molecule has 0 aliphatic rings. The summed E-state index contributed by atoms with van der Waals surface area (Å²) in [6.45, 7) is 1.63. The minimum Gasteiger partial charge on any atom is -0.441 e. The minimum atomic E-state index is 0. The van der Waals surface area contributed by atoms with Crippen LogP contribution < -0.4 is 5.73 Å². The molecule has 30 heavy (non-hydrogen) atoms. The van der Waals surface area contributed by atoms with Crippen molar-refractivity contribution in [3.63, 3.8) is 0 Å². The van der Waals surface area contributed by atoms with Crippen LogP contribution in [0.2, 0.25) is 5.02 Å². The maximum absolute atomic E-state index is 12.6. The molecule has 5 nitrogen and oxygen atoms in total. The number of carbonyl (C=O) groups is 1. The van der Waals surface area contributed by atoms with Gasteiger partial charge in [0.25, 0.3) is 0 Å². The zero-order chi connectivity index (χ0) is 19.8. The number of hydrogen-bond donors (Lipinski definition) is 1. The normalized spacial score (nSPS) is 10.1. The van der Waals surface area contributed by atoms with Crippen LogP contribution in [0.25, 0.3) is 11.3 Å². The second kappa shape index (κ2) is 13.3. The second-order valence-corrected chi connectivity index (χ2v) is 6.91. The Bertz CT molecular complexity index is 903. The first-order valence-electron chi connectivity index (χ1n) is 9.38. The average Bonchev–Trinajstić information content (AvgIpc) is 3.19. The van der Waals surface area contributed by atoms with Crippen molar-refractivity contribution in [2.45, 2.75) is 19.3 Å². The molecule has 0 radical (unpaired) electrons. The van der Waals surface area contributed by atoms with Crippen LogP contribution >= 0.6 is 36.4 Å². The largest absolute Gasteiger partial charge is 0.441 e. The van der Waals surface area contributed by atoms with Crippen molar-refractivity contribution in [3.8, 4) is 11.3 Å². The van der Waals surface area contributed by atoms with Crippen molar-refractivity contribution in [1.29, 1.82) is 0 Å². The fraction of sp³-hybridized carbons (Fsp3) is 0.273. The lowest BCUT2D eigenvalue weighted by Gasteiger charge is -2.22. The number of aromatic nitrogens is 1. The number of amides is 1. The molecule has 0 atom stereocenters. The molecule has 0 unspecified atom stereocenters. The Morgan fingerprint density at radius 2 is 1.70 bits per heavy atom. The van der Waals surface area contributed by atoms with E-state index in [2.05, 4.69) is 17.1 Å². The van der Waals surface area contributed by atoms with Gasteiger partial charge in [0.05, 0.1) is 11.2 Å². The number of benzene rings is 2. The van der Waals surface area contributed by atoms with Crippen molar-refractivity contribution in [1.82, 2.24) is 9.88 Å².